The molecule has 0 aliphatic carbocycles. The Labute approximate surface area is 224 Å². The Kier molecular flexibility index (Phi) is 6.96. The van der Waals surface area contributed by atoms with Crippen LogP contribution in [0.15, 0.2) is 84.9 Å². The zero-order chi connectivity index (χ0) is 27.5. The summed E-state index contributed by atoms with van der Waals surface area (Å²) in [6, 6.07) is 25.2. The van der Waals surface area contributed by atoms with Crippen molar-refractivity contribution >= 4 is 34.6 Å². The fourth-order valence-electron chi connectivity index (χ4n) is 4.79. The van der Waals surface area contributed by atoms with Crippen LogP contribution in [0.3, 0.4) is 0 Å². The highest BCUT2D eigenvalue weighted by Gasteiger charge is 2.24. The molecule has 0 bridgehead atoms. The summed E-state index contributed by atoms with van der Waals surface area (Å²) in [6.07, 6.45) is 1.24. The van der Waals surface area contributed by atoms with Crippen LogP contribution in [0, 0.1) is 10.1 Å². The molecule has 1 atom stereocenters. The number of carbonyl (C=O) groups excluding carboxylic acids is 2. The standard InChI is InChI=1S/C30H26N4O5/c1-39-28-17-20(10-14-27(28)34(37)38)19-8-12-23-25(15-19)32-24-13-9-21(16-26(24)33-30(23)36)22(29(31)35)11-7-18-5-3-2-4-6-18/h2-6,8-10,12-17,22,32H,7,11H2,1H3,(H2,31,35)(H,33,36). The number of nitrogens with two attached hydrogens (primary N) is 1. The number of ether oxygens (including phenoxy) is 1. The lowest BCUT2D eigenvalue weighted by molar-refractivity contribution is -0.385. The van der Waals surface area contributed by atoms with E-state index in [0.29, 0.717) is 41.0 Å². The van der Waals surface area contributed by atoms with Crippen LogP contribution in [-0.2, 0) is 11.2 Å². The molecule has 0 aromatic heterocycles. The lowest BCUT2D eigenvalue weighted by atomic mass is 9.91. The first-order valence-corrected chi connectivity index (χ1v) is 12.4. The number of nitro groups is 1. The normalized spacial score (nSPS) is 12.7. The molecule has 9 heteroatoms. The summed E-state index contributed by atoms with van der Waals surface area (Å²) in [5.74, 6) is -1.10. The number of carbonyl (C=O) groups is 2. The van der Waals surface area contributed by atoms with E-state index < -0.39 is 16.7 Å². The fraction of sp³-hybridized carbons (Fsp3) is 0.133. The molecule has 4 N–H and O–H groups in total. The number of methoxy groups -OCH3 is 1. The number of aryl methyl sites for hydroxylation is 1. The molecular formula is C30H26N4O5. The number of rotatable bonds is 8. The van der Waals surface area contributed by atoms with Crippen molar-refractivity contribution in [2.75, 3.05) is 17.7 Å². The summed E-state index contributed by atoms with van der Waals surface area (Å²) in [6.45, 7) is 0. The highest BCUT2D eigenvalue weighted by atomic mass is 16.6. The molecule has 0 saturated carbocycles. The van der Waals surface area contributed by atoms with Gasteiger partial charge in [0.2, 0.25) is 5.91 Å². The zero-order valence-electron chi connectivity index (χ0n) is 21.1. The molecule has 0 spiro atoms. The highest BCUT2D eigenvalue weighted by Crippen LogP contribution is 2.38. The number of nitro benzene ring substituents is 1. The summed E-state index contributed by atoms with van der Waals surface area (Å²) in [5.41, 5.74) is 11.1. The van der Waals surface area contributed by atoms with Gasteiger partial charge in [0.1, 0.15) is 0 Å². The smallest absolute Gasteiger partial charge is 0.310 e. The Morgan fingerprint density at radius 2 is 1.67 bits per heavy atom. The van der Waals surface area contributed by atoms with E-state index in [-0.39, 0.29) is 17.3 Å². The number of nitrogens with zero attached hydrogens (tertiary/aromatic N) is 1. The zero-order valence-corrected chi connectivity index (χ0v) is 21.1. The Morgan fingerprint density at radius 3 is 2.38 bits per heavy atom. The summed E-state index contributed by atoms with van der Waals surface area (Å²) in [5, 5.41) is 17.5. The molecule has 0 fully saturated rings. The minimum atomic E-state index is -0.512. The molecule has 0 saturated heterocycles. The van der Waals surface area contributed by atoms with Crippen molar-refractivity contribution in [3.05, 3.63) is 112 Å². The second-order valence-electron chi connectivity index (χ2n) is 9.27. The average molecular weight is 523 g/mol. The van der Waals surface area contributed by atoms with Gasteiger partial charge in [0.05, 0.1) is 40.6 Å². The van der Waals surface area contributed by atoms with Gasteiger partial charge in [0.25, 0.3) is 5.91 Å². The van der Waals surface area contributed by atoms with Crippen LogP contribution in [0.4, 0.5) is 22.7 Å². The lowest BCUT2D eigenvalue weighted by Gasteiger charge is -2.17. The van der Waals surface area contributed by atoms with Gasteiger partial charge in [-0.15, -0.1) is 0 Å². The number of amides is 2. The minimum absolute atomic E-state index is 0.128. The van der Waals surface area contributed by atoms with Crippen molar-refractivity contribution in [1.29, 1.82) is 0 Å². The summed E-state index contributed by atoms with van der Waals surface area (Å²) in [7, 11) is 1.38. The molecule has 2 amide bonds. The Balaban J connectivity index is 1.44. The van der Waals surface area contributed by atoms with Crippen molar-refractivity contribution in [1.82, 2.24) is 0 Å². The molecule has 5 rings (SSSR count). The van der Waals surface area contributed by atoms with Gasteiger partial charge >= 0.3 is 5.69 Å². The van der Waals surface area contributed by atoms with Crippen LogP contribution in [0.5, 0.6) is 5.75 Å². The molecule has 4 aromatic carbocycles. The van der Waals surface area contributed by atoms with E-state index in [4.69, 9.17) is 10.5 Å². The Bertz CT molecular complexity index is 1590. The molecule has 196 valence electrons. The van der Waals surface area contributed by atoms with E-state index in [2.05, 4.69) is 10.6 Å². The topological polar surface area (TPSA) is 137 Å². The first-order chi connectivity index (χ1) is 18.8. The summed E-state index contributed by atoms with van der Waals surface area (Å²) >= 11 is 0. The number of anilines is 3. The fourth-order valence-corrected chi connectivity index (χ4v) is 4.79. The van der Waals surface area contributed by atoms with Gasteiger partial charge in [-0.2, -0.15) is 0 Å². The third kappa shape index (κ3) is 5.28. The van der Waals surface area contributed by atoms with Crippen molar-refractivity contribution in [3.63, 3.8) is 0 Å². The van der Waals surface area contributed by atoms with Crippen LogP contribution < -0.4 is 21.1 Å². The molecule has 1 heterocycles. The third-order valence-electron chi connectivity index (χ3n) is 6.85. The van der Waals surface area contributed by atoms with Crippen molar-refractivity contribution < 1.29 is 19.2 Å². The van der Waals surface area contributed by atoms with Gasteiger partial charge in [0.15, 0.2) is 5.75 Å². The maximum Gasteiger partial charge on any atom is 0.310 e. The van der Waals surface area contributed by atoms with Crippen LogP contribution in [0.1, 0.15) is 33.8 Å². The second kappa shape index (κ2) is 10.7. The van der Waals surface area contributed by atoms with Gasteiger partial charge in [0, 0.05) is 6.07 Å². The second-order valence-corrected chi connectivity index (χ2v) is 9.27. The van der Waals surface area contributed by atoms with Crippen LogP contribution >= 0.6 is 0 Å². The summed E-state index contributed by atoms with van der Waals surface area (Å²) in [4.78, 5) is 36.2. The van der Waals surface area contributed by atoms with Gasteiger partial charge in [-0.3, -0.25) is 19.7 Å². The maximum atomic E-state index is 13.1. The van der Waals surface area contributed by atoms with Crippen LogP contribution in [0.2, 0.25) is 0 Å². The predicted octanol–water partition coefficient (Wildman–Crippen LogP) is 5.78. The van der Waals surface area contributed by atoms with Gasteiger partial charge < -0.3 is 21.1 Å². The average Bonchev–Trinajstić information content (AvgIpc) is 3.07. The summed E-state index contributed by atoms with van der Waals surface area (Å²) < 4.78 is 5.20. The SMILES string of the molecule is COc1cc(-c2ccc3c(c2)Nc2ccc(C(CCc4ccccc4)C(N)=O)cc2NC3=O)ccc1[N+](=O)[O-]. The number of benzene rings is 4. The lowest BCUT2D eigenvalue weighted by Crippen LogP contribution is -2.22. The quantitative estimate of drug-likeness (QED) is 0.198. The number of hydrogen-bond acceptors (Lipinski definition) is 6. The first-order valence-electron chi connectivity index (χ1n) is 12.4. The van der Waals surface area contributed by atoms with E-state index in [1.54, 1.807) is 30.3 Å². The molecule has 1 unspecified atom stereocenters. The minimum Gasteiger partial charge on any atom is -0.490 e. The molecule has 4 aromatic rings. The number of fused-ring (bicyclic) bond motifs is 2. The molecule has 9 nitrogen and oxygen atoms in total. The van der Waals surface area contributed by atoms with Crippen molar-refractivity contribution in [2.45, 2.75) is 18.8 Å². The van der Waals surface area contributed by atoms with Crippen molar-refractivity contribution in [3.8, 4) is 16.9 Å². The number of hydrogen-bond donors (Lipinski definition) is 3. The highest BCUT2D eigenvalue weighted by molar-refractivity contribution is 6.12. The van der Waals surface area contributed by atoms with Gasteiger partial charge in [-0.25, -0.2) is 0 Å². The third-order valence-corrected chi connectivity index (χ3v) is 6.85. The molecule has 0 radical (unpaired) electrons. The Hall–Kier alpha value is -5.18. The molecular weight excluding hydrogens is 496 g/mol. The van der Waals surface area contributed by atoms with E-state index in [9.17, 15) is 19.7 Å². The molecule has 39 heavy (non-hydrogen) atoms. The van der Waals surface area contributed by atoms with E-state index in [1.807, 2.05) is 48.5 Å². The predicted molar refractivity (Wildman–Crippen MR) is 149 cm³/mol. The van der Waals surface area contributed by atoms with E-state index in [0.717, 1.165) is 16.7 Å². The van der Waals surface area contributed by atoms with Crippen LogP contribution in [0.25, 0.3) is 11.1 Å². The van der Waals surface area contributed by atoms with Crippen molar-refractivity contribution in [2.24, 2.45) is 5.73 Å². The molecule has 1 aliphatic rings. The number of nitrogens with one attached hydrogen (secondary N) is 2. The molecule has 1 aliphatic heterocycles. The van der Waals surface area contributed by atoms with Crippen LogP contribution in [-0.4, -0.2) is 23.8 Å². The largest absolute Gasteiger partial charge is 0.490 e. The van der Waals surface area contributed by atoms with E-state index >= 15 is 0 Å². The maximum absolute atomic E-state index is 13.1. The monoisotopic (exact) mass is 522 g/mol. The first kappa shape index (κ1) is 25.5. The Morgan fingerprint density at radius 1 is 0.923 bits per heavy atom. The van der Waals surface area contributed by atoms with Gasteiger partial charge in [-0.1, -0.05) is 42.5 Å². The number of primary amides is 1. The van der Waals surface area contributed by atoms with E-state index in [1.165, 1.54) is 13.2 Å². The van der Waals surface area contributed by atoms with Gasteiger partial charge in [-0.05, 0) is 71.5 Å².